The second-order valence-electron chi connectivity index (χ2n) is 5.28. The number of ether oxygens (including phenoxy) is 1. The van der Waals surface area contributed by atoms with Gasteiger partial charge in [-0.25, -0.2) is 0 Å². The van der Waals surface area contributed by atoms with E-state index >= 15 is 0 Å². The van der Waals surface area contributed by atoms with Crippen LogP contribution in [0.25, 0.3) is 0 Å². The molecule has 108 valence electrons. The van der Waals surface area contributed by atoms with E-state index in [2.05, 4.69) is 23.2 Å². The lowest BCUT2D eigenvalue weighted by Crippen LogP contribution is -2.39. The molecule has 2 heterocycles. The number of aryl methyl sites for hydroxylation is 1. The first kappa shape index (κ1) is 14.6. The fourth-order valence-corrected chi connectivity index (χ4v) is 2.78. The van der Waals surface area contributed by atoms with Gasteiger partial charge >= 0.3 is 0 Å². The zero-order chi connectivity index (χ0) is 13.7. The number of nitrogens with zero attached hydrogens (tertiary/aromatic N) is 1. The van der Waals surface area contributed by atoms with Gasteiger partial charge in [0, 0.05) is 25.3 Å². The molecule has 1 atom stereocenters. The summed E-state index contributed by atoms with van der Waals surface area (Å²) in [6.45, 7) is 8.85. The molecule has 0 saturated carbocycles. The molecular formula is C15H26N2O2. The van der Waals surface area contributed by atoms with Gasteiger partial charge in [0.15, 0.2) is 0 Å². The molecule has 0 aliphatic carbocycles. The Morgan fingerprint density at radius 2 is 2.37 bits per heavy atom. The van der Waals surface area contributed by atoms with E-state index in [1.54, 1.807) is 0 Å². The summed E-state index contributed by atoms with van der Waals surface area (Å²) in [6, 6.07) is 2.18. The van der Waals surface area contributed by atoms with Gasteiger partial charge in [-0.3, -0.25) is 4.90 Å². The summed E-state index contributed by atoms with van der Waals surface area (Å²) in [5, 5.41) is 3.17. The minimum Gasteiger partial charge on any atom is -0.465 e. The molecule has 1 fully saturated rings. The number of likely N-dealkylation sites (tertiary alicyclic amines) is 1. The van der Waals surface area contributed by atoms with Crippen LogP contribution in [0.15, 0.2) is 10.5 Å². The van der Waals surface area contributed by atoms with Gasteiger partial charge in [0.25, 0.3) is 0 Å². The van der Waals surface area contributed by atoms with E-state index in [1.807, 2.05) is 14.0 Å². The molecule has 0 radical (unpaired) electrons. The molecule has 0 spiro atoms. The van der Waals surface area contributed by atoms with E-state index < -0.39 is 0 Å². The molecular weight excluding hydrogens is 240 g/mol. The Bertz CT molecular complexity index is 387. The van der Waals surface area contributed by atoms with Crippen LogP contribution in [0.3, 0.4) is 0 Å². The standard InChI is InChI=1S/C15H26N2O2/c1-4-18-14-6-5-7-17(10-14)11-15-8-13(9-16-3)12(2)19-15/h8,14,16H,4-7,9-11H2,1-3H3. The molecule has 1 aromatic rings. The van der Waals surface area contributed by atoms with Crippen molar-refractivity contribution in [2.75, 3.05) is 26.7 Å². The van der Waals surface area contributed by atoms with Crippen molar-refractivity contribution in [3.05, 3.63) is 23.2 Å². The monoisotopic (exact) mass is 266 g/mol. The second kappa shape index (κ2) is 7.08. The number of nitrogens with one attached hydrogen (secondary N) is 1. The summed E-state index contributed by atoms with van der Waals surface area (Å²) in [6.07, 6.45) is 2.80. The molecule has 4 nitrogen and oxygen atoms in total. The van der Waals surface area contributed by atoms with E-state index in [9.17, 15) is 0 Å². The molecule has 2 rings (SSSR count). The van der Waals surface area contributed by atoms with Crippen LogP contribution in [0, 0.1) is 6.92 Å². The Hall–Kier alpha value is -0.840. The third-order valence-corrected chi connectivity index (χ3v) is 3.68. The molecule has 1 aliphatic rings. The number of hydrogen-bond acceptors (Lipinski definition) is 4. The van der Waals surface area contributed by atoms with Crippen LogP contribution in [-0.4, -0.2) is 37.7 Å². The predicted molar refractivity (Wildman–Crippen MR) is 76.1 cm³/mol. The van der Waals surface area contributed by atoms with Crippen LogP contribution in [-0.2, 0) is 17.8 Å². The van der Waals surface area contributed by atoms with Gasteiger partial charge in [-0.2, -0.15) is 0 Å². The van der Waals surface area contributed by atoms with Crippen molar-refractivity contribution in [2.45, 2.75) is 45.9 Å². The molecule has 1 saturated heterocycles. The van der Waals surface area contributed by atoms with Crippen molar-refractivity contribution >= 4 is 0 Å². The molecule has 0 amide bonds. The maximum atomic E-state index is 5.84. The smallest absolute Gasteiger partial charge is 0.118 e. The van der Waals surface area contributed by atoms with Crippen LogP contribution >= 0.6 is 0 Å². The zero-order valence-electron chi connectivity index (χ0n) is 12.4. The summed E-state index contributed by atoms with van der Waals surface area (Å²) in [4.78, 5) is 2.44. The SMILES string of the molecule is CCOC1CCCN(Cc2cc(CNC)c(C)o2)C1. The summed E-state index contributed by atoms with van der Waals surface area (Å²) >= 11 is 0. The highest BCUT2D eigenvalue weighted by Gasteiger charge is 2.21. The Labute approximate surface area is 116 Å². The van der Waals surface area contributed by atoms with E-state index in [0.717, 1.165) is 44.3 Å². The average Bonchev–Trinajstić information content (AvgIpc) is 2.71. The third kappa shape index (κ3) is 4.06. The molecule has 4 heteroatoms. The van der Waals surface area contributed by atoms with Crippen molar-refractivity contribution in [3.8, 4) is 0 Å². The van der Waals surface area contributed by atoms with Crippen LogP contribution in [0.4, 0.5) is 0 Å². The number of piperidine rings is 1. The number of rotatable bonds is 6. The first-order valence-corrected chi connectivity index (χ1v) is 7.29. The average molecular weight is 266 g/mol. The van der Waals surface area contributed by atoms with E-state index in [4.69, 9.17) is 9.15 Å². The van der Waals surface area contributed by atoms with Crippen LogP contribution < -0.4 is 5.32 Å². The maximum Gasteiger partial charge on any atom is 0.118 e. The summed E-state index contributed by atoms with van der Waals surface area (Å²) in [7, 11) is 1.96. The molecule has 1 aliphatic heterocycles. The first-order valence-electron chi connectivity index (χ1n) is 7.29. The Kier molecular flexibility index (Phi) is 5.43. The highest BCUT2D eigenvalue weighted by atomic mass is 16.5. The summed E-state index contributed by atoms with van der Waals surface area (Å²) in [5.74, 6) is 2.10. The normalized spacial score (nSPS) is 20.9. The minimum absolute atomic E-state index is 0.395. The van der Waals surface area contributed by atoms with Crippen molar-refractivity contribution in [3.63, 3.8) is 0 Å². The summed E-state index contributed by atoms with van der Waals surface area (Å²) in [5.41, 5.74) is 1.26. The highest BCUT2D eigenvalue weighted by Crippen LogP contribution is 2.19. The lowest BCUT2D eigenvalue weighted by molar-refractivity contribution is 0.00196. The van der Waals surface area contributed by atoms with Crippen molar-refractivity contribution < 1.29 is 9.15 Å². The molecule has 0 bridgehead atoms. The highest BCUT2D eigenvalue weighted by molar-refractivity contribution is 5.20. The first-order chi connectivity index (χ1) is 9.22. The fraction of sp³-hybridized carbons (Fsp3) is 0.733. The van der Waals surface area contributed by atoms with Crippen molar-refractivity contribution in [1.82, 2.24) is 10.2 Å². The van der Waals surface area contributed by atoms with Crippen LogP contribution in [0.5, 0.6) is 0 Å². The topological polar surface area (TPSA) is 37.6 Å². The number of furan rings is 1. The van der Waals surface area contributed by atoms with E-state index in [0.29, 0.717) is 6.10 Å². The van der Waals surface area contributed by atoms with Gasteiger partial charge < -0.3 is 14.5 Å². The van der Waals surface area contributed by atoms with Crippen LogP contribution in [0.2, 0.25) is 0 Å². The molecule has 1 unspecified atom stereocenters. The van der Waals surface area contributed by atoms with Gasteiger partial charge in [-0.05, 0) is 46.3 Å². The fourth-order valence-electron chi connectivity index (χ4n) is 2.78. The van der Waals surface area contributed by atoms with Gasteiger partial charge in [0.2, 0.25) is 0 Å². The second-order valence-corrected chi connectivity index (χ2v) is 5.28. The number of hydrogen-bond donors (Lipinski definition) is 1. The van der Waals surface area contributed by atoms with Gasteiger partial charge in [0.1, 0.15) is 11.5 Å². The predicted octanol–water partition coefficient (Wildman–Crippen LogP) is 2.31. The molecule has 0 aromatic carbocycles. The van der Waals surface area contributed by atoms with E-state index in [-0.39, 0.29) is 0 Å². The Morgan fingerprint density at radius 1 is 1.53 bits per heavy atom. The molecule has 1 N–H and O–H groups in total. The van der Waals surface area contributed by atoms with Crippen molar-refractivity contribution in [1.29, 1.82) is 0 Å². The Balaban J connectivity index is 1.91. The van der Waals surface area contributed by atoms with E-state index in [1.165, 1.54) is 18.4 Å². The van der Waals surface area contributed by atoms with Crippen LogP contribution in [0.1, 0.15) is 36.8 Å². The largest absolute Gasteiger partial charge is 0.465 e. The zero-order valence-corrected chi connectivity index (χ0v) is 12.4. The third-order valence-electron chi connectivity index (χ3n) is 3.68. The summed E-state index contributed by atoms with van der Waals surface area (Å²) < 4.78 is 11.6. The van der Waals surface area contributed by atoms with Gasteiger partial charge in [-0.15, -0.1) is 0 Å². The lowest BCUT2D eigenvalue weighted by atomic mass is 10.1. The van der Waals surface area contributed by atoms with Gasteiger partial charge in [0.05, 0.1) is 12.6 Å². The minimum atomic E-state index is 0.395. The Morgan fingerprint density at radius 3 is 3.11 bits per heavy atom. The van der Waals surface area contributed by atoms with Crippen molar-refractivity contribution in [2.24, 2.45) is 0 Å². The lowest BCUT2D eigenvalue weighted by Gasteiger charge is -2.31. The molecule has 1 aromatic heterocycles. The maximum absolute atomic E-state index is 5.84. The molecule has 19 heavy (non-hydrogen) atoms. The quantitative estimate of drug-likeness (QED) is 0.857. The van der Waals surface area contributed by atoms with Gasteiger partial charge in [-0.1, -0.05) is 0 Å².